The van der Waals surface area contributed by atoms with Gasteiger partial charge in [-0.25, -0.2) is 0 Å². The Balaban J connectivity index is 1.41. The second-order valence-electron chi connectivity index (χ2n) is 7.92. The maximum absolute atomic E-state index is 13.0. The Morgan fingerprint density at radius 3 is 2.36 bits per heavy atom. The fourth-order valence-corrected chi connectivity index (χ4v) is 5.49. The topological polar surface area (TPSA) is 66.9 Å². The van der Waals surface area contributed by atoms with E-state index >= 15 is 0 Å². The second kappa shape index (κ2) is 7.85. The summed E-state index contributed by atoms with van der Waals surface area (Å²) in [5.41, 5.74) is 1.01. The number of methoxy groups -OCH3 is 1. The summed E-state index contributed by atoms with van der Waals surface area (Å²) in [5.74, 6) is 0.864. The van der Waals surface area contributed by atoms with E-state index in [2.05, 4.69) is 15.9 Å². The molecule has 150 valence electrons. The van der Waals surface area contributed by atoms with Crippen molar-refractivity contribution in [3.05, 3.63) is 28.2 Å². The van der Waals surface area contributed by atoms with Crippen molar-refractivity contribution in [1.29, 1.82) is 0 Å². The van der Waals surface area contributed by atoms with Crippen molar-refractivity contribution in [2.45, 2.75) is 69.5 Å². The van der Waals surface area contributed by atoms with E-state index in [1.807, 2.05) is 23.1 Å². The lowest BCUT2D eigenvalue weighted by molar-refractivity contribution is -0.144. The van der Waals surface area contributed by atoms with Gasteiger partial charge in [-0.3, -0.25) is 19.3 Å². The molecule has 0 aromatic heterocycles. The highest BCUT2D eigenvalue weighted by Gasteiger charge is 2.47. The van der Waals surface area contributed by atoms with E-state index in [1.54, 1.807) is 7.11 Å². The van der Waals surface area contributed by atoms with E-state index in [-0.39, 0.29) is 35.8 Å². The van der Waals surface area contributed by atoms with Gasteiger partial charge in [-0.05, 0) is 55.9 Å². The van der Waals surface area contributed by atoms with Gasteiger partial charge in [0.15, 0.2) is 0 Å². The van der Waals surface area contributed by atoms with Crippen LogP contribution < -0.4 is 4.74 Å². The third kappa shape index (κ3) is 3.56. The van der Waals surface area contributed by atoms with Gasteiger partial charge in [-0.15, -0.1) is 0 Å². The fraction of sp³-hybridized carbons (Fsp3) is 0.571. The summed E-state index contributed by atoms with van der Waals surface area (Å²) in [5, 5.41) is 0. The van der Waals surface area contributed by atoms with E-state index < -0.39 is 0 Å². The van der Waals surface area contributed by atoms with E-state index in [4.69, 9.17) is 4.74 Å². The first-order valence-corrected chi connectivity index (χ1v) is 10.8. The number of carbonyl (C=O) groups excluding carboxylic acids is 3. The normalized spacial score (nSPS) is 26.9. The van der Waals surface area contributed by atoms with Crippen molar-refractivity contribution < 1.29 is 19.1 Å². The molecule has 0 spiro atoms. The summed E-state index contributed by atoms with van der Waals surface area (Å²) in [6.45, 7) is 0. The first-order valence-electron chi connectivity index (χ1n) is 9.96. The SMILES string of the molecule is COc1ccc(Br)cc1CCC(=O)N1C2CCC1CC(N1C(=O)CCC1=O)C2. The predicted octanol–water partition coefficient (Wildman–Crippen LogP) is 3.06. The van der Waals surface area contributed by atoms with Crippen molar-refractivity contribution in [1.82, 2.24) is 9.80 Å². The molecule has 3 aliphatic heterocycles. The van der Waals surface area contributed by atoms with Gasteiger partial charge in [-0.2, -0.15) is 0 Å². The third-order valence-corrected chi connectivity index (χ3v) is 6.80. The van der Waals surface area contributed by atoms with Gasteiger partial charge in [0.2, 0.25) is 17.7 Å². The third-order valence-electron chi connectivity index (χ3n) is 6.30. The molecule has 2 atom stereocenters. The zero-order valence-corrected chi connectivity index (χ0v) is 17.6. The number of amides is 3. The molecule has 2 unspecified atom stereocenters. The number of halogens is 1. The quantitative estimate of drug-likeness (QED) is 0.649. The van der Waals surface area contributed by atoms with Gasteiger partial charge in [0.1, 0.15) is 5.75 Å². The molecule has 3 saturated heterocycles. The largest absolute Gasteiger partial charge is 0.496 e. The van der Waals surface area contributed by atoms with Crippen molar-refractivity contribution >= 4 is 33.7 Å². The number of ether oxygens (including phenoxy) is 1. The standard InChI is InChI=1S/C21H25BrN2O4/c1-28-18-6-3-14(22)10-13(18)2-7-19(25)23-15-4-5-16(23)12-17(11-15)24-20(26)8-9-21(24)27/h3,6,10,15-17H,2,4-5,7-9,11-12H2,1H3. The number of likely N-dealkylation sites (tertiary alicyclic amines) is 1. The van der Waals surface area contributed by atoms with Crippen LogP contribution in [0.2, 0.25) is 0 Å². The number of fused-ring (bicyclic) bond motifs is 2. The Hall–Kier alpha value is -1.89. The van der Waals surface area contributed by atoms with Crippen LogP contribution in [0.1, 0.15) is 50.5 Å². The molecular weight excluding hydrogens is 424 g/mol. The lowest BCUT2D eigenvalue weighted by Gasteiger charge is -2.41. The number of nitrogens with zero attached hydrogens (tertiary/aromatic N) is 2. The monoisotopic (exact) mass is 448 g/mol. The molecular formula is C21H25BrN2O4. The molecule has 28 heavy (non-hydrogen) atoms. The zero-order chi connectivity index (χ0) is 19.8. The maximum Gasteiger partial charge on any atom is 0.229 e. The van der Waals surface area contributed by atoms with Crippen molar-refractivity contribution in [2.24, 2.45) is 0 Å². The lowest BCUT2D eigenvalue weighted by atomic mass is 9.95. The smallest absolute Gasteiger partial charge is 0.229 e. The van der Waals surface area contributed by atoms with E-state index in [0.29, 0.717) is 25.7 Å². The van der Waals surface area contributed by atoms with Crippen LogP contribution >= 0.6 is 15.9 Å². The molecule has 3 amide bonds. The summed E-state index contributed by atoms with van der Waals surface area (Å²) >= 11 is 3.48. The molecule has 0 aliphatic carbocycles. The Morgan fingerprint density at radius 2 is 1.75 bits per heavy atom. The highest BCUT2D eigenvalue weighted by Crippen LogP contribution is 2.39. The summed E-state index contributed by atoms with van der Waals surface area (Å²) < 4.78 is 6.38. The van der Waals surface area contributed by atoms with Crippen LogP contribution in [-0.2, 0) is 20.8 Å². The van der Waals surface area contributed by atoms with E-state index in [0.717, 1.165) is 41.5 Å². The fourth-order valence-electron chi connectivity index (χ4n) is 5.08. The van der Waals surface area contributed by atoms with E-state index in [9.17, 15) is 14.4 Å². The summed E-state index contributed by atoms with van der Waals surface area (Å²) in [7, 11) is 1.64. The van der Waals surface area contributed by atoms with Crippen molar-refractivity contribution in [3.8, 4) is 5.75 Å². The number of piperidine rings is 1. The lowest BCUT2D eigenvalue weighted by Crippen LogP contribution is -2.53. The average molecular weight is 449 g/mol. The van der Waals surface area contributed by atoms with Crippen molar-refractivity contribution in [2.75, 3.05) is 7.11 Å². The molecule has 1 aromatic carbocycles. The molecule has 0 N–H and O–H groups in total. The number of hydrogen-bond acceptors (Lipinski definition) is 4. The van der Waals surface area contributed by atoms with Gasteiger partial charge >= 0.3 is 0 Å². The van der Waals surface area contributed by atoms with Gasteiger partial charge < -0.3 is 9.64 Å². The number of hydrogen-bond donors (Lipinski definition) is 0. The number of aryl methyl sites for hydroxylation is 1. The summed E-state index contributed by atoms with van der Waals surface area (Å²) in [4.78, 5) is 40.7. The van der Waals surface area contributed by atoms with Gasteiger partial charge in [0.05, 0.1) is 7.11 Å². The molecule has 3 fully saturated rings. The number of benzene rings is 1. The van der Waals surface area contributed by atoms with Crippen molar-refractivity contribution in [3.63, 3.8) is 0 Å². The summed E-state index contributed by atoms with van der Waals surface area (Å²) in [6.07, 6.45) is 5.10. The number of rotatable bonds is 5. The predicted molar refractivity (Wildman–Crippen MR) is 107 cm³/mol. The molecule has 7 heteroatoms. The number of imide groups is 1. The van der Waals surface area contributed by atoms with Gasteiger partial charge in [0, 0.05) is 41.9 Å². The molecule has 4 rings (SSSR count). The zero-order valence-electron chi connectivity index (χ0n) is 16.0. The van der Waals surface area contributed by atoms with Crippen LogP contribution in [-0.4, -0.2) is 52.8 Å². The van der Waals surface area contributed by atoms with E-state index in [1.165, 1.54) is 4.90 Å². The van der Waals surface area contributed by atoms with Crippen LogP contribution in [0.3, 0.4) is 0 Å². The van der Waals surface area contributed by atoms with Crippen LogP contribution in [0.25, 0.3) is 0 Å². The minimum atomic E-state index is -0.0454. The molecule has 2 bridgehead atoms. The highest BCUT2D eigenvalue weighted by atomic mass is 79.9. The van der Waals surface area contributed by atoms with Gasteiger partial charge in [0.25, 0.3) is 0 Å². The minimum absolute atomic E-state index is 0.0331. The Bertz CT molecular complexity index is 782. The molecule has 1 aromatic rings. The maximum atomic E-state index is 13.0. The number of carbonyl (C=O) groups is 3. The molecule has 3 aliphatic rings. The molecule has 3 heterocycles. The first kappa shape index (κ1) is 19.4. The average Bonchev–Trinajstić information content (AvgIpc) is 3.15. The second-order valence-corrected chi connectivity index (χ2v) is 8.84. The minimum Gasteiger partial charge on any atom is -0.496 e. The Morgan fingerprint density at radius 1 is 1.11 bits per heavy atom. The van der Waals surface area contributed by atoms with Crippen LogP contribution in [0.5, 0.6) is 5.75 Å². The van der Waals surface area contributed by atoms with Gasteiger partial charge in [-0.1, -0.05) is 15.9 Å². The molecule has 0 radical (unpaired) electrons. The highest BCUT2D eigenvalue weighted by molar-refractivity contribution is 9.10. The molecule has 0 saturated carbocycles. The van der Waals surface area contributed by atoms with Crippen LogP contribution in [0, 0.1) is 0 Å². The van der Waals surface area contributed by atoms with Crippen LogP contribution in [0.15, 0.2) is 22.7 Å². The summed E-state index contributed by atoms with van der Waals surface area (Å²) in [6, 6.07) is 6.08. The Kier molecular flexibility index (Phi) is 5.45. The molecule has 6 nitrogen and oxygen atoms in total. The van der Waals surface area contributed by atoms with Crippen LogP contribution in [0.4, 0.5) is 0 Å². The Labute approximate surface area is 173 Å². The first-order chi connectivity index (χ1) is 13.5.